The molecule has 1 aromatic carbocycles. The fourth-order valence-corrected chi connectivity index (χ4v) is 3.12. The van der Waals surface area contributed by atoms with Gasteiger partial charge >= 0.3 is 0 Å². The van der Waals surface area contributed by atoms with Gasteiger partial charge in [0.05, 0.1) is 15.7 Å². The van der Waals surface area contributed by atoms with E-state index in [-0.39, 0.29) is 0 Å². The van der Waals surface area contributed by atoms with Gasteiger partial charge in [0.2, 0.25) is 0 Å². The SMILES string of the molecule is CCCc1nc(N)sc1Cc1cccc(Cl)c1Cl. The zero-order valence-electron chi connectivity index (χ0n) is 10.0. The zero-order chi connectivity index (χ0) is 13.1. The quantitative estimate of drug-likeness (QED) is 0.898. The van der Waals surface area contributed by atoms with Gasteiger partial charge in [-0.25, -0.2) is 4.98 Å². The standard InChI is InChI=1S/C13H14Cl2N2S/c1-2-4-10-11(18-13(16)17-10)7-8-5-3-6-9(14)12(8)15/h3,5-6H,2,4,7H2,1H3,(H2,16,17). The lowest BCUT2D eigenvalue weighted by Gasteiger charge is -2.05. The van der Waals surface area contributed by atoms with Gasteiger partial charge in [0.15, 0.2) is 5.13 Å². The molecule has 5 heteroatoms. The maximum Gasteiger partial charge on any atom is 0.180 e. The van der Waals surface area contributed by atoms with Crippen molar-refractivity contribution in [2.24, 2.45) is 0 Å². The van der Waals surface area contributed by atoms with Crippen LogP contribution in [0.2, 0.25) is 10.0 Å². The third kappa shape index (κ3) is 2.97. The normalized spacial score (nSPS) is 10.8. The summed E-state index contributed by atoms with van der Waals surface area (Å²) in [4.78, 5) is 5.55. The molecule has 2 nitrogen and oxygen atoms in total. The minimum absolute atomic E-state index is 0.587. The van der Waals surface area contributed by atoms with Crippen LogP contribution in [-0.4, -0.2) is 4.98 Å². The van der Waals surface area contributed by atoms with Crippen molar-refractivity contribution < 1.29 is 0 Å². The van der Waals surface area contributed by atoms with E-state index in [4.69, 9.17) is 28.9 Å². The van der Waals surface area contributed by atoms with E-state index in [1.165, 1.54) is 16.2 Å². The van der Waals surface area contributed by atoms with Crippen LogP contribution >= 0.6 is 34.5 Å². The van der Waals surface area contributed by atoms with E-state index in [0.717, 1.165) is 30.5 Å². The Bertz CT molecular complexity index is 552. The number of benzene rings is 1. The van der Waals surface area contributed by atoms with Crippen molar-refractivity contribution in [2.45, 2.75) is 26.2 Å². The number of rotatable bonds is 4. The molecule has 0 spiro atoms. The number of aryl methyl sites for hydroxylation is 1. The van der Waals surface area contributed by atoms with Gasteiger partial charge in [0.1, 0.15) is 0 Å². The Morgan fingerprint density at radius 1 is 1.33 bits per heavy atom. The van der Waals surface area contributed by atoms with E-state index < -0.39 is 0 Å². The van der Waals surface area contributed by atoms with Gasteiger partial charge in [-0.2, -0.15) is 0 Å². The summed E-state index contributed by atoms with van der Waals surface area (Å²) < 4.78 is 0. The van der Waals surface area contributed by atoms with Crippen molar-refractivity contribution in [2.75, 3.05) is 5.73 Å². The number of anilines is 1. The molecule has 2 aromatic rings. The molecule has 1 aromatic heterocycles. The van der Waals surface area contributed by atoms with E-state index >= 15 is 0 Å². The Labute approximate surface area is 121 Å². The lowest BCUT2D eigenvalue weighted by Crippen LogP contribution is -1.94. The molecular weight excluding hydrogens is 287 g/mol. The van der Waals surface area contributed by atoms with Crippen molar-refractivity contribution in [1.82, 2.24) is 4.98 Å². The maximum atomic E-state index is 6.20. The number of hydrogen-bond acceptors (Lipinski definition) is 3. The number of aromatic nitrogens is 1. The molecule has 2 rings (SSSR count). The molecule has 0 aliphatic heterocycles. The largest absolute Gasteiger partial charge is 0.375 e. The second-order valence-corrected chi connectivity index (χ2v) is 5.96. The van der Waals surface area contributed by atoms with Crippen LogP contribution in [0.15, 0.2) is 18.2 Å². The van der Waals surface area contributed by atoms with E-state index in [9.17, 15) is 0 Å². The van der Waals surface area contributed by atoms with Gasteiger partial charge < -0.3 is 5.73 Å². The van der Waals surface area contributed by atoms with Crippen LogP contribution in [0.4, 0.5) is 5.13 Å². The van der Waals surface area contributed by atoms with Gasteiger partial charge in [0, 0.05) is 11.3 Å². The van der Waals surface area contributed by atoms with Crippen molar-refractivity contribution >= 4 is 39.7 Å². The predicted octanol–water partition coefficient (Wildman–Crippen LogP) is 4.58. The lowest BCUT2D eigenvalue weighted by atomic mass is 10.1. The van der Waals surface area contributed by atoms with Crippen LogP contribution in [0.5, 0.6) is 0 Å². The summed E-state index contributed by atoms with van der Waals surface area (Å²) in [6.07, 6.45) is 2.74. The van der Waals surface area contributed by atoms with Crippen molar-refractivity contribution in [3.8, 4) is 0 Å². The third-order valence-electron chi connectivity index (χ3n) is 2.66. The molecule has 0 saturated carbocycles. The van der Waals surface area contributed by atoms with Crippen LogP contribution in [0.1, 0.15) is 29.5 Å². The molecule has 0 aliphatic rings. The molecule has 0 unspecified atom stereocenters. The molecule has 0 amide bonds. The Balaban J connectivity index is 2.30. The molecule has 0 radical (unpaired) electrons. The molecule has 0 bridgehead atoms. The van der Waals surface area contributed by atoms with E-state index in [1.807, 2.05) is 12.1 Å². The van der Waals surface area contributed by atoms with Crippen LogP contribution in [-0.2, 0) is 12.8 Å². The average molecular weight is 301 g/mol. The molecule has 96 valence electrons. The second-order valence-electron chi connectivity index (χ2n) is 4.06. The highest BCUT2D eigenvalue weighted by Gasteiger charge is 2.12. The van der Waals surface area contributed by atoms with E-state index in [2.05, 4.69) is 11.9 Å². The van der Waals surface area contributed by atoms with Crippen LogP contribution in [0.25, 0.3) is 0 Å². The monoisotopic (exact) mass is 300 g/mol. The number of thiazole rings is 1. The van der Waals surface area contributed by atoms with Crippen LogP contribution in [0, 0.1) is 0 Å². The number of hydrogen-bond donors (Lipinski definition) is 1. The molecular formula is C13H14Cl2N2S. The molecule has 0 fully saturated rings. The minimum Gasteiger partial charge on any atom is -0.375 e. The summed E-state index contributed by atoms with van der Waals surface area (Å²) in [6.45, 7) is 2.13. The molecule has 2 N–H and O–H groups in total. The van der Waals surface area contributed by atoms with Gasteiger partial charge in [-0.15, -0.1) is 11.3 Å². The smallest absolute Gasteiger partial charge is 0.180 e. The maximum absolute atomic E-state index is 6.20. The molecule has 0 atom stereocenters. The topological polar surface area (TPSA) is 38.9 Å². The fraction of sp³-hybridized carbons (Fsp3) is 0.308. The first-order valence-electron chi connectivity index (χ1n) is 5.78. The van der Waals surface area contributed by atoms with Gasteiger partial charge in [-0.05, 0) is 18.1 Å². The fourth-order valence-electron chi connectivity index (χ4n) is 1.83. The molecule has 0 saturated heterocycles. The molecule has 18 heavy (non-hydrogen) atoms. The number of halogens is 2. The van der Waals surface area contributed by atoms with Gasteiger partial charge in [0.25, 0.3) is 0 Å². The molecule has 1 heterocycles. The van der Waals surface area contributed by atoms with Gasteiger partial charge in [-0.1, -0.05) is 48.7 Å². The minimum atomic E-state index is 0.587. The van der Waals surface area contributed by atoms with Crippen LogP contribution in [0.3, 0.4) is 0 Å². The summed E-state index contributed by atoms with van der Waals surface area (Å²) in [5.41, 5.74) is 7.88. The van der Waals surface area contributed by atoms with Gasteiger partial charge in [-0.3, -0.25) is 0 Å². The Hall–Kier alpha value is -0.770. The van der Waals surface area contributed by atoms with Crippen molar-refractivity contribution in [1.29, 1.82) is 0 Å². The van der Waals surface area contributed by atoms with Crippen molar-refractivity contribution in [3.63, 3.8) is 0 Å². The molecule has 0 aliphatic carbocycles. The highest BCUT2D eigenvalue weighted by Crippen LogP contribution is 2.30. The summed E-state index contributed by atoms with van der Waals surface area (Å²) in [6, 6.07) is 5.69. The van der Waals surface area contributed by atoms with Crippen LogP contribution < -0.4 is 5.73 Å². The summed E-state index contributed by atoms with van der Waals surface area (Å²) in [5, 5.41) is 1.82. The second kappa shape index (κ2) is 5.91. The number of nitrogens with two attached hydrogens (primary N) is 1. The Kier molecular flexibility index (Phi) is 4.49. The Morgan fingerprint density at radius 2 is 2.11 bits per heavy atom. The van der Waals surface area contributed by atoms with E-state index in [1.54, 1.807) is 6.07 Å². The zero-order valence-corrected chi connectivity index (χ0v) is 12.4. The van der Waals surface area contributed by atoms with Crippen molar-refractivity contribution in [3.05, 3.63) is 44.4 Å². The highest BCUT2D eigenvalue weighted by atomic mass is 35.5. The van der Waals surface area contributed by atoms with E-state index in [0.29, 0.717) is 15.2 Å². The lowest BCUT2D eigenvalue weighted by molar-refractivity contribution is 0.879. The summed E-state index contributed by atoms with van der Waals surface area (Å²) in [5.74, 6) is 0. The Morgan fingerprint density at radius 3 is 2.83 bits per heavy atom. The highest BCUT2D eigenvalue weighted by molar-refractivity contribution is 7.15. The number of nitrogens with zero attached hydrogens (tertiary/aromatic N) is 1. The first-order chi connectivity index (χ1) is 8.61. The first kappa shape index (κ1) is 13.7. The predicted molar refractivity (Wildman–Crippen MR) is 79.8 cm³/mol. The summed E-state index contributed by atoms with van der Waals surface area (Å²) in [7, 11) is 0. The number of nitrogen functional groups attached to an aromatic ring is 1. The third-order valence-corrected chi connectivity index (χ3v) is 4.45. The average Bonchev–Trinajstić information content (AvgIpc) is 2.66. The first-order valence-corrected chi connectivity index (χ1v) is 7.36. The summed E-state index contributed by atoms with van der Waals surface area (Å²) >= 11 is 13.7.